The molecule has 0 radical (unpaired) electrons. The fourth-order valence-electron chi connectivity index (χ4n) is 7.00. The van der Waals surface area contributed by atoms with Gasteiger partial charge in [0.2, 0.25) is 5.91 Å². The molecular weight excluding hydrogens is 645 g/mol. The van der Waals surface area contributed by atoms with Crippen molar-refractivity contribution in [1.29, 1.82) is 0 Å². The van der Waals surface area contributed by atoms with Gasteiger partial charge in [0.05, 0.1) is 18.8 Å². The van der Waals surface area contributed by atoms with Crippen LogP contribution in [0.3, 0.4) is 0 Å². The Morgan fingerprint density at radius 3 is 1.08 bits per heavy atom. The molecule has 2 atom stereocenters. The second kappa shape index (κ2) is 38.3. The highest BCUT2D eigenvalue weighted by molar-refractivity contribution is 7.46. The topological polar surface area (TPSA) is 116 Å². The van der Waals surface area contributed by atoms with Crippen molar-refractivity contribution in [1.82, 2.24) is 5.32 Å². The van der Waals surface area contributed by atoms with Gasteiger partial charge in [-0.15, -0.1) is 0 Å². The average molecular weight is 732 g/mol. The molecule has 0 aliphatic rings. The van der Waals surface area contributed by atoms with Crippen LogP contribution in [0.1, 0.15) is 245 Å². The molecule has 0 rings (SSSR count). The third-order valence-electron chi connectivity index (χ3n) is 10.3. The van der Waals surface area contributed by atoms with Crippen molar-refractivity contribution in [2.24, 2.45) is 0 Å². The van der Waals surface area contributed by atoms with E-state index in [0.717, 1.165) is 38.5 Å². The fourth-order valence-corrected chi connectivity index (χ4v) is 7.35. The van der Waals surface area contributed by atoms with Crippen LogP contribution in [0.4, 0.5) is 0 Å². The molecule has 7 nitrogen and oxygen atoms in total. The number of carbonyl (C=O) groups excluding carboxylic acids is 1. The Hall–Kier alpha value is -0.460. The van der Waals surface area contributed by atoms with Gasteiger partial charge in [0, 0.05) is 6.42 Å². The normalized spacial score (nSPS) is 13.1. The summed E-state index contributed by atoms with van der Waals surface area (Å²) in [6, 6.07) is -0.818. The minimum atomic E-state index is -4.69. The first kappa shape index (κ1) is 49.5. The van der Waals surface area contributed by atoms with Gasteiger partial charge in [0.1, 0.15) is 0 Å². The van der Waals surface area contributed by atoms with E-state index in [1.807, 2.05) is 0 Å². The van der Waals surface area contributed by atoms with Gasteiger partial charge in [-0.2, -0.15) is 0 Å². The number of hydrogen-bond acceptors (Lipinski definition) is 4. The second-order valence-electron chi connectivity index (χ2n) is 15.4. The van der Waals surface area contributed by atoms with Crippen LogP contribution in [-0.4, -0.2) is 39.6 Å². The molecule has 0 aromatic carbocycles. The van der Waals surface area contributed by atoms with Gasteiger partial charge in [-0.25, -0.2) is 4.57 Å². The summed E-state index contributed by atoms with van der Waals surface area (Å²) < 4.78 is 16.0. The summed E-state index contributed by atoms with van der Waals surface area (Å²) >= 11 is 0. The Morgan fingerprint density at radius 2 is 0.780 bits per heavy atom. The highest BCUT2D eigenvalue weighted by atomic mass is 31.2. The van der Waals surface area contributed by atoms with E-state index >= 15 is 0 Å². The quantitative estimate of drug-likeness (QED) is 0.0367. The monoisotopic (exact) mass is 732 g/mol. The van der Waals surface area contributed by atoms with Crippen LogP contribution in [0.15, 0.2) is 0 Å². The van der Waals surface area contributed by atoms with Gasteiger partial charge >= 0.3 is 7.82 Å². The number of aliphatic hydroxyl groups is 1. The molecule has 300 valence electrons. The molecule has 0 spiro atoms. The molecule has 0 fully saturated rings. The first-order chi connectivity index (χ1) is 24.3. The zero-order chi connectivity index (χ0) is 36.8. The van der Waals surface area contributed by atoms with Gasteiger partial charge < -0.3 is 20.2 Å². The maximum absolute atomic E-state index is 12.6. The van der Waals surface area contributed by atoms with E-state index in [-0.39, 0.29) is 5.91 Å². The number of nitrogens with one attached hydrogen (secondary N) is 1. The third kappa shape index (κ3) is 38.8. The van der Waals surface area contributed by atoms with Gasteiger partial charge in [-0.3, -0.25) is 9.32 Å². The minimum Gasteiger partial charge on any atom is -0.391 e. The number of amides is 1. The number of carbonyl (C=O) groups is 1. The van der Waals surface area contributed by atoms with Crippen LogP contribution >= 0.6 is 7.82 Å². The first-order valence-corrected chi connectivity index (χ1v) is 23.5. The number of unbranched alkanes of at least 4 members (excludes halogenated alkanes) is 32. The molecule has 0 aliphatic heterocycles. The van der Waals surface area contributed by atoms with Gasteiger partial charge in [-0.05, 0) is 12.8 Å². The van der Waals surface area contributed by atoms with E-state index < -0.39 is 26.6 Å². The van der Waals surface area contributed by atoms with Crippen molar-refractivity contribution >= 4 is 13.7 Å². The number of hydrogen-bond donors (Lipinski definition) is 4. The lowest BCUT2D eigenvalue weighted by atomic mass is 10.0. The highest BCUT2D eigenvalue weighted by Crippen LogP contribution is 2.36. The number of aliphatic hydroxyl groups excluding tert-OH is 1. The van der Waals surface area contributed by atoms with Crippen LogP contribution < -0.4 is 5.32 Å². The zero-order valence-electron chi connectivity index (χ0n) is 33.3. The second-order valence-corrected chi connectivity index (χ2v) is 16.6. The Morgan fingerprint density at radius 1 is 0.500 bits per heavy atom. The number of phosphoric acid groups is 1. The van der Waals surface area contributed by atoms with Crippen LogP contribution in [-0.2, 0) is 13.9 Å². The van der Waals surface area contributed by atoms with Gasteiger partial charge in [-0.1, -0.05) is 226 Å². The lowest BCUT2D eigenvalue weighted by molar-refractivity contribution is -0.123. The summed E-state index contributed by atoms with van der Waals surface area (Å²) in [6.07, 6.45) is 43.7. The molecule has 0 aromatic heterocycles. The molecule has 0 saturated carbocycles. The van der Waals surface area contributed by atoms with Crippen molar-refractivity contribution in [2.45, 2.75) is 257 Å². The van der Waals surface area contributed by atoms with Crippen LogP contribution in [0.25, 0.3) is 0 Å². The maximum Gasteiger partial charge on any atom is 0.469 e. The number of rotatable bonds is 41. The Kier molecular flexibility index (Phi) is 37.9. The number of phosphoric ester groups is 1. The van der Waals surface area contributed by atoms with Gasteiger partial charge in [0.25, 0.3) is 0 Å². The van der Waals surface area contributed by atoms with Crippen molar-refractivity contribution in [2.75, 3.05) is 6.61 Å². The van der Waals surface area contributed by atoms with Crippen molar-refractivity contribution in [3.8, 4) is 0 Å². The van der Waals surface area contributed by atoms with Crippen LogP contribution in [0.2, 0.25) is 0 Å². The SMILES string of the molecule is CCCCCCCCCCCCCCCCCCCC(=O)N[C@@H](COP(=O)(O)O)[C@H](O)CCCCCCCCCCCCCCCCCCC. The summed E-state index contributed by atoms with van der Waals surface area (Å²) in [5.41, 5.74) is 0. The molecule has 4 N–H and O–H groups in total. The average Bonchev–Trinajstić information content (AvgIpc) is 3.08. The first-order valence-electron chi connectivity index (χ1n) is 22.0. The molecule has 0 unspecified atom stereocenters. The maximum atomic E-state index is 12.6. The third-order valence-corrected chi connectivity index (χ3v) is 10.8. The molecule has 1 amide bonds. The molecule has 0 aromatic rings. The summed E-state index contributed by atoms with van der Waals surface area (Å²) in [4.78, 5) is 31.0. The molecule has 0 heterocycles. The summed E-state index contributed by atoms with van der Waals surface area (Å²) in [5, 5.41) is 13.5. The van der Waals surface area contributed by atoms with E-state index in [1.54, 1.807) is 0 Å². The lowest BCUT2D eigenvalue weighted by Gasteiger charge is -2.24. The fraction of sp³-hybridized carbons (Fsp3) is 0.976. The predicted octanol–water partition coefficient (Wildman–Crippen LogP) is 13.0. The molecular formula is C42H86NO6P. The molecule has 0 bridgehead atoms. The summed E-state index contributed by atoms with van der Waals surface area (Å²) in [7, 11) is -4.69. The molecule has 0 aliphatic carbocycles. The van der Waals surface area contributed by atoms with Crippen molar-refractivity contribution in [3.05, 3.63) is 0 Å². The molecule has 50 heavy (non-hydrogen) atoms. The summed E-state index contributed by atoms with van der Waals surface area (Å²) in [6.45, 7) is 4.15. The van der Waals surface area contributed by atoms with Crippen LogP contribution in [0.5, 0.6) is 0 Å². The van der Waals surface area contributed by atoms with Crippen LogP contribution in [0, 0.1) is 0 Å². The molecule has 0 saturated heterocycles. The standard InChI is InChI=1S/C42H86NO6P/c1-3-5-7-9-11-13-15-17-19-21-23-25-27-29-31-33-35-37-41(44)40(39-49-50(46,47)48)43-42(45)38-36-34-32-30-28-26-24-22-20-18-16-14-12-10-8-6-4-2/h40-41,44H,3-39H2,1-2H3,(H,43,45)(H2,46,47,48)/t40-,41+/m0/s1. The largest absolute Gasteiger partial charge is 0.469 e. The smallest absolute Gasteiger partial charge is 0.391 e. The minimum absolute atomic E-state index is 0.188. The Balaban J connectivity index is 3.86. The summed E-state index contributed by atoms with van der Waals surface area (Å²) in [5.74, 6) is -0.188. The van der Waals surface area contributed by atoms with E-state index in [1.165, 1.54) is 180 Å². The van der Waals surface area contributed by atoms with Gasteiger partial charge in [0.15, 0.2) is 0 Å². The van der Waals surface area contributed by atoms with E-state index in [9.17, 15) is 24.3 Å². The zero-order valence-corrected chi connectivity index (χ0v) is 34.2. The predicted molar refractivity (Wildman–Crippen MR) is 213 cm³/mol. The highest BCUT2D eigenvalue weighted by Gasteiger charge is 2.25. The Labute approximate surface area is 310 Å². The lowest BCUT2D eigenvalue weighted by Crippen LogP contribution is -2.46. The van der Waals surface area contributed by atoms with E-state index in [2.05, 4.69) is 23.7 Å². The van der Waals surface area contributed by atoms with Crippen molar-refractivity contribution < 1.29 is 28.8 Å². The molecule has 8 heteroatoms. The van der Waals surface area contributed by atoms with Crippen molar-refractivity contribution in [3.63, 3.8) is 0 Å². The van der Waals surface area contributed by atoms with E-state index in [0.29, 0.717) is 12.8 Å². The van der Waals surface area contributed by atoms with E-state index in [4.69, 9.17) is 0 Å². The Bertz CT molecular complexity index is 748.